The molecule has 3 heteroatoms. The maximum absolute atomic E-state index is 5.27. The van der Waals surface area contributed by atoms with Gasteiger partial charge in [-0.05, 0) is 80.7 Å². The highest BCUT2D eigenvalue weighted by Gasteiger charge is 2.32. The summed E-state index contributed by atoms with van der Waals surface area (Å²) in [7, 11) is 1.80. The van der Waals surface area contributed by atoms with E-state index in [1.165, 1.54) is 69.5 Å². The molecule has 1 aliphatic carbocycles. The van der Waals surface area contributed by atoms with Gasteiger partial charge in [-0.15, -0.1) is 0 Å². The lowest BCUT2D eigenvalue weighted by Gasteiger charge is -2.39. The molecule has 0 radical (unpaired) electrons. The number of methoxy groups -OCH3 is 1. The number of nitrogens with zero attached hydrogens (tertiary/aromatic N) is 2. The normalized spacial score (nSPS) is 23.3. The Bertz CT molecular complexity index is 533. The molecule has 1 heterocycles. The second kappa shape index (κ2) is 9.05. The van der Waals surface area contributed by atoms with E-state index in [1.807, 2.05) is 0 Å². The number of rotatable bonds is 9. The van der Waals surface area contributed by atoms with E-state index in [-0.39, 0.29) is 0 Å². The van der Waals surface area contributed by atoms with E-state index >= 15 is 0 Å². The van der Waals surface area contributed by atoms with Crippen LogP contribution in [-0.2, 0) is 4.74 Å². The number of benzene rings is 1. The standard InChI is InChI=1S/C22H36N2O/c1-4-9-23(12-13-25-3)17-19-15-20(16-19)22-8-7-21(14-18(22)2)24-10-5-6-11-24/h7-8,14,19-20H,4-6,9-13,15-17H2,1-3H3/t19-,20-. The lowest BCUT2D eigenvalue weighted by atomic mass is 9.70. The second-order valence-corrected chi connectivity index (χ2v) is 8.06. The average Bonchev–Trinajstić information content (AvgIpc) is 3.10. The van der Waals surface area contributed by atoms with Crippen molar-refractivity contribution in [3.8, 4) is 0 Å². The summed E-state index contributed by atoms with van der Waals surface area (Å²) in [4.78, 5) is 5.13. The first-order valence-electron chi connectivity index (χ1n) is 10.3. The molecule has 0 spiro atoms. The summed E-state index contributed by atoms with van der Waals surface area (Å²) in [5.41, 5.74) is 4.53. The van der Waals surface area contributed by atoms with Crippen LogP contribution in [0.5, 0.6) is 0 Å². The molecule has 0 atom stereocenters. The van der Waals surface area contributed by atoms with Gasteiger partial charge in [0, 0.05) is 39.0 Å². The third-order valence-corrected chi connectivity index (χ3v) is 6.07. The molecule has 140 valence electrons. The van der Waals surface area contributed by atoms with Gasteiger partial charge in [0.2, 0.25) is 0 Å². The van der Waals surface area contributed by atoms with Crippen molar-refractivity contribution in [1.82, 2.24) is 4.90 Å². The van der Waals surface area contributed by atoms with E-state index < -0.39 is 0 Å². The number of hydrogen-bond acceptors (Lipinski definition) is 3. The molecule has 2 aliphatic rings. The van der Waals surface area contributed by atoms with E-state index in [2.05, 4.69) is 41.8 Å². The Balaban J connectivity index is 1.51. The maximum atomic E-state index is 5.27. The van der Waals surface area contributed by atoms with Crippen molar-refractivity contribution in [3.63, 3.8) is 0 Å². The summed E-state index contributed by atoms with van der Waals surface area (Å²) in [6.45, 7) is 11.4. The minimum Gasteiger partial charge on any atom is -0.383 e. The van der Waals surface area contributed by atoms with Gasteiger partial charge in [-0.3, -0.25) is 0 Å². The van der Waals surface area contributed by atoms with Crippen molar-refractivity contribution >= 4 is 5.69 Å². The minimum absolute atomic E-state index is 0.781. The summed E-state index contributed by atoms with van der Waals surface area (Å²) in [5, 5.41) is 0. The van der Waals surface area contributed by atoms with Gasteiger partial charge in [-0.25, -0.2) is 0 Å². The SMILES string of the molecule is CCCN(CCOC)C[C@H]1C[C@H](c2ccc(N3CCCC3)cc2C)C1. The minimum atomic E-state index is 0.781. The quantitative estimate of drug-likeness (QED) is 0.658. The number of hydrogen-bond donors (Lipinski definition) is 0. The first kappa shape index (κ1) is 18.7. The predicted molar refractivity (Wildman–Crippen MR) is 107 cm³/mol. The fraction of sp³-hybridized carbons (Fsp3) is 0.727. The van der Waals surface area contributed by atoms with Crippen LogP contribution in [0, 0.1) is 12.8 Å². The first-order chi connectivity index (χ1) is 12.2. The number of ether oxygens (including phenoxy) is 1. The molecular weight excluding hydrogens is 308 g/mol. The van der Waals surface area contributed by atoms with E-state index in [4.69, 9.17) is 4.74 Å². The highest BCUT2D eigenvalue weighted by molar-refractivity contribution is 5.52. The number of aryl methyl sites for hydroxylation is 1. The monoisotopic (exact) mass is 344 g/mol. The highest BCUT2D eigenvalue weighted by atomic mass is 16.5. The van der Waals surface area contributed by atoms with Gasteiger partial charge >= 0.3 is 0 Å². The summed E-state index contributed by atoms with van der Waals surface area (Å²) >= 11 is 0. The molecule has 3 nitrogen and oxygen atoms in total. The molecule has 1 saturated carbocycles. The van der Waals surface area contributed by atoms with Crippen molar-refractivity contribution in [3.05, 3.63) is 29.3 Å². The lowest BCUT2D eigenvalue weighted by Crippen LogP contribution is -2.37. The van der Waals surface area contributed by atoms with Crippen molar-refractivity contribution < 1.29 is 4.74 Å². The van der Waals surface area contributed by atoms with Crippen molar-refractivity contribution in [2.75, 3.05) is 51.3 Å². The van der Waals surface area contributed by atoms with Crippen LogP contribution in [0.3, 0.4) is 0 Å². The molecule has 1 aliphatic heterocycles. The zero-order valence-electron chi connectivity index (χ0n) is 16.5. The molecule has 0 amide bonds. The zero-order chi connectivity index (χ0) is 17.6. The van der Waals surface area contributed by atoms with Crippen LogP contribution in [0.4, 0.5) is 5.69 Å². The molecule has 1 saturated heterocycles. The Morgan fingerprint density at radius 3 is 2.56 bits per heavy atom. The average molecular weight is 345 g/mol. The third kappa shape index (κ3) is 4.77. The lowest BCUT2D eigenvalue weighted by molar-refractivity contribution is 0.113. The Morgan fingerprint density at radius 2 is 1.92 bits per heavy atom. The Morgan fingerprint density at radius 1 is 1.16 bits per heavy atom. The van der Waals surface area contributed by atoms with Crippen molar-refractivity contribution in [2.45, 2.75) is 51.9 Å². The highest BCUT2D eigenvalue weighted by Crippen LogP contribution is 2.43. The summed E-state index contributed by atoms with van der Waals surface area (Å²) in [6.07, 6.45) is 6.65. The molecule has 3 rings (SSSR count). The van der Waals surface area contributed by atoms with E-state index in [9.17, 15) is 0 Å². The van der Waals surface area contributed by atoms with Crippen LogP contribution >= 0.6 is 0 Å². The Hall–Kier alpha value is -1.06. The largest absolute Gasteiger partial charge is 0.383 e. The molecular formula is C22H36N2O. The molecule has 0 N–H and O–H groups in total. The molecule has 1 aromatic rings. The van der Waals surface area contributed by atoms with Crippen molar-refractivity contribution in [2.24, 2.45) is 5.92 Å². The third-order valence-electron chi connectivity index (χ3n) is 6.07. The van der Waals surface area contributed by atoms with Gasteiger partial charge in [0.1, 0.15) is 0 Å². The Labute approximate surface area is 154 Å². The van der Waals surface area contributed by atoms with Gasteiger partial charge in [0.25, 0.3) is 0 Å². The zero-order valence-corrected chi connectivity index (χ0v) is 16.5. The van der Waals surface area contributed by atoms with Gasteiger partial charge < -0.3 is 14.5 Å². The number of anilines is 1. The Kier molecular flexibility index (Phi) is 6.77. The second-order valence-electron chi connectivity index (χ2n) is 8.06. The molecule has 0 aromatic heterocycles. The van der Waals surface area contributed by atoms with Crippen LogP contribution in [0.1, 0.15) is 56.1 Å². The van der Waals surface area contributed by atoms with Crippen LogP contribution in [-0.4, -0.2) is 51.3 Å². The smallest absolute Gasteiger partial charge is 0.0589 e. The van der Waals surface area contributed by atoms with Gasteiger partial charge in [-0.2, -0.15) is 0 Å². The summed E-state index contributed by atoms with van der Waals surface area (Å²) in [5.74, 6) is 1.65. The van der Waals surface area contributed by atoms with Crippen LogP contribution in [0.15, 0.2) is 18.2 Å². The van der Waals surface area contributed by atoms with Gasteiger partial charge in [-0.1, -0.05) is 13.0 Å². The summed E-state index contributed by atoms with van der Waals surface area (Å²) < 4.78 is 5.27. The van der Waals surface area contributed by atoms with Crippen LogP contribution in [0.2, 0.25) is 0 Å². The molecule has 0 bridgehead atoms. The maximum Gasteiger partial charge on any atom is 0.0589 e. The predicted octanol–water partition coefficient (Wildman–Crippen LogP) is 4.45. The first-order valence-corrected chi connectivity index (χ1v) is 10.3. The topological polar surface area (TPSA) is 15.7 Å². The fourth-order valence-corrected chi connectivity index (χ4v) is 4.62. The molecule has 25 heavy (non-hydrogen) atoms. The van der Waals surface area contributed by atoms with Crippen molar-refractivity contribution in [1.29, 1.82) is 0 Å². The molecule has 0 unspecified atom stereocenters. The summed E-state index contributed by atoms with van der Waals surface area (Å²) in [6, 6.07) is 7.21. The van der Waals surface area contributed by atoms with E-state index in [0.717, 1.165) is 25.0 Å². The van der Waals surface area contributed by atoms with Crippen LogP contribution in [0.25, 0.3) is 0 Å². The molecule has 2 fully saturated rings. The van der Waals surface area contributed by atoms with Gasteiger partial charge in [0.05, 0.1) is 6.61 Å². The van der Waals surface area contributed by atoms with E-state index in [0.29, 0.717) is 0 Å². The fourth-order valence-electron chi connectivity index (χ4n) is 4.62. The van der Waals surface area contributed by atoms with E-state index in [1.54, 1.807) is 12.7 Å². The molecule has 1 aromatic carbocycles. The van der Waals surface area contributed by atoms with Crippen LogP contribution < -0.4 is 4.90 Å². The van der Waals surface area contributed by atoms with Gasteiger partial charge in [0.15, 0.2) is 0 Å².